The third-order valence-electron chi connectivity index (χ3n) is 3.62. The monoisotopic (exact) mass is 249 g/mol. The van der Waals surface area contributed by atoms with Crippen molar-refractivity contribution in [3.8, 4) is 6.07 Å². The van der Waals surface area contributed by atoms with Crippen molar-refractivity contribution >= 4 is 5.69 Å². The maximum absolute atomic E-state index is 8.79. The van der Waals surface area contributed by atoms with E-state index in [4.69, 9.17) is 11.0 Å². The molecule has 0 saturated heterocycles. The normalized spacial score (nSPS) is 20.6. The molecule has 19 heavy (non-hydrogen) atoms. The summed E-state index contributed by atoms with van der Waals surface area (Å²) in [7, 11) is 0. The summed E-state index contributed by atoms with van der Waals surface area (Å²) in [5.74, 6) is 0. The van der Waals surface area contributed by atoms with Crippen molar-refractivity contribution in [1.29, 1.82) is 5.26 Å². The van der Waals surface area contributed by atoms with Gasteiger partial charge < -0.3 is 11.1 Å². The van der Waals surface area contributed by atoms with Crippen LogP contribution in [0, 0.1) is 11.3 Å². The van der Waals surface area contributed by atoms with Crippen LogP contribution in [0.4, 0.5) is 5.69 Å². The molecule has 1 aliphatic carbocycles. The van der Waals surface area contributed by atoms with Crippen LogP contribution in [0.25, 0.3) is 0 Å². The molecule has 2 unspecified atom stereocenters. The molecule has 2 atom stereocenters. The minimum Gasteiger partial charge on any atom is -0.378 e. The molecule has 0 spiro atoms. The SMILES string of the molecule is N#Cc1ccc(NC2CC(N)c3ccccc32)cc1. The highest BCUT2D eigenvalue weighted by atomic mass is 14.9. The van der Waals surface area contributed by atoms with Gasteiger partial charge in [-0.25, -0.2) is 0 Å². The van der Waals surface area contributed by atoms with Crippen molar-refractivity contribution in [3.05, 3.63) is 65.2 Å². The van der Waals surface area contributed by atoms with E-state index in [0.717, 1.165) is 12.1 Å². The zero-order valence-electron chi connectivity index (χ0n) is 10.5. The van der Waals surface area contributed by atoms with Crippen LogP contribution >= 0.6 is 0 Å². The molecule has 3 nitrogen and oxygen atoms in total. The summed E-state index contributed by atoms with van der Waals surface area (Å²) in [6, 6.07) is 18.3. The number of fused-ring (bicyclic) bond motifs is 1. The summed E-state index contributed by atoms with van der Waals surface area (Å²) in [5.41, 5.74) is 10.4. The van der Waals surface area contributed by atoms with Crippen molar-refractivity contribution in [2.24, 2.45) is 5.73 Å². The fourth-order valence-electron chi connectivity index (χ4n) is 2.65. The first-order chi connectivity index (χ1) is 9.28. The standard InChI is InChI=1S/C16H15N3/c17-10-11-5-7-12(8-6-11)19-16-9-15(18)13-3-1-2-4-14(13)16/h1-8,15-16,19H,9,18H2. The number of nitriles is 1. The van der Waals surface area contributed by atoms with Gasteiger partial charge in [-0.3, -0.25) is 0 Å². The molecular weight excluding hydrogens is 234 g/mol. The van der Waals surface area contributed by atoms with E-state index in [9.17, 15) is 0 Å². The molecule has 3 N–H and O–H groups in total. The van der Waals surface area contributed by atoms with Crippen LogP contribution < -0.4 is 11.1 Å². The van der Waals surface area contributed by atoms with Crippen molar-refractivity contribution in [2.45, 2.75) is 18.5 Å². The Morgan fingerprint density at radius 3 is 2.42 bits per heavy atom. The largest absolute Gasteiger partial charge is 0.378 e. The molecule has 3 rings (SSSR count). The van der Waals surface area contributed by atoms with E-state index < -0.39 is 0 Å². The Bertz CT molecular complexity index is 625. The zero-order valence-corrected chi connectivity index (χ0v) is 10.5. The van der Waals surface area contributed by atoms with Gasteiger partial charge in [0.1, 0.15) is 0 Å². The van der Waals surface area contributed by atoms with E-state index in [2.05, 4.69) is 23.5 Å². The summed E-state index contributed by atoms with van der Waals surface area (Å²) in [4.78, 5) is 0. The molecular formula is C16H15N3. The summed E-state index contributed by atoms with van der Waals surface area (Å²) >= 11 is 0. The Kier molecular flexibility index (Phi) is 2.94. The van der Waals surface area contributed by atoms with E-state index >= 15 is 0 Å². The third-order valence-corrected chi connectivity index (χ3v) is 3.62. The average Bonchev–Trinajstić information content (AvgIpc) is 2.77. The number of nitrogens with one attached hydrogen (secondary N) is 1. The van der Waals surface area contributed by atoms with Crippen molar-refractivity contribution < 1.29 is 0 Å². The second-order valence-electron chi connectivity index (χ2n) is 4.86. The summed E-state index contributed by atoms with van der Waals surface area (Å²) in [6.07, 6.45) is 0.902. The lowest BCUT2D eigenvalue weighted by molar-refractivity contribution is 0.648. The maximum atomic E-state index is 8.79. The second-order valence-corrected chi connectivity index (χ2v) is 4.86. The molecule has 0 heterocycles. The van der Waals surface area contributed by atoms with E-state index in [1.54, 1.807) is 0 Å². The fourth-order valence-corrected chi connectivity index (χ4v) is 2.65. The van der Waals surface area contributed by atoms with Gasteiger partial charge in [0.05, 0.1) is 17.7 Å². The summed E-state index contributed by atoms with van der Waals surface area (Å²) in [5, 5.41) is 12.3. The predicted octanol–water partition coefficient (Wildman–Crippen LogP) is 3.11. The van der Waals surface area contributed by atoms with Gasteiger partial charge in [0.2, 0.25) is 0 Å². The average molecular weight is 249 g/mol. The highest BCUT2D eigenvalue weighted by molar-refractivity contribution is 5.51. The second kappa shape index (κ2) is 4.75. The van der Waals surface area contributed by atoms with Crippen LogP contribution in [0.3, 0.4) is 0 Å². The van der Waals surface area contributed by atoms with Gasteiger partial charge in [-0.05, 0) is 41.8 Å². The molecule has 2 aromatic rings. The topological polar surface area (TPSA) is 61.8 Å². The number of benzene rings is 2. The number of anilines is 1. The van der Waals surface area contributed by atoms with Gasteiger partial charge in [0.15, 0.2) is 0 Å². The third kappa shape index (κ3) is 2.18. The van der Waals surface area contributed by atoms with E-state index in [1.165, 1.54) is 11.1 Å². The number of rotatable bonds is 2. The van der Waals surface area contributed by atoms with Crippen molar-refractivity contribution in [1.82, 2.24) is 0 Å². The van der Waals surface area contributed by atoms with Gasteiger partial charge in [0, 0.05) is 11.7 Å². The molecule has 0 aromatic heterocycles. The first-order valence-corrected chi connectivity index (χ1v) is 6.39. The van der Waals surface area contributed by atoms with Gasteiger partial charge in [-0.2, -0.15) is 5.26 Å². The molecule has 0 amide bonds. The lowest BCUT2D eigenvalue weighted by atomic mass is 10.1. The van der Waals surface area contributed by atoms with Gasteiger partial charge in [0.25, 0.3) is 0 Å². The van der Waals surface area contributed by atoms with Crippen LogP contribution in [-0.4, -0.2) is 0 Å². The number of hydrogen-bond acceptors (Lipinski definition) is 3. The molecule has 94 valence electrons. The van der Waals surface area contributed by atoms with Gasteiger partial charge >= 0.3 is 0 Å². The molecule has 2 aromatic carbocycles. The van der Waals surface area contributed by atoms with Crippen LogP contribution in [0.2, 0.25) is 0 Å². The quantitative estimate of drug-likeness (QED) is 0.859. The van der Waals surface area contributed by atoms with E-state index in [-0.39, 0.29) is 12.1 Å². The Hall–Kier alpha value is -2.31. The van der Waals surface area contributed by atoms with Gasteiger partial charge in [-0.15, -0.1) is 0 Å². The zero-order chi connectivity index (χ0) is 13.2. The first kappa shape index (κ1) is 11.8. The number of hydrogen-bond donors (Lipinski definition) is 2. The van der Waals surface area contributed by atoms with Crippen LogP contribution in [0.5, 0.6) is 0 Å². The lowest BCUT2D eigenvalue weighted by Crippen LogP contribution is -2.09. The van der Waals surface area contributed by atoms with Crippen LogP contribution in [0.1, 0.15) is 35.2 Å². The highest BCUT2D eigenvalue weighted by Gasteiger charge is 2.27. The van der Waals surface area contributed by atoms with Crippen LogP contribution in [-0.2, 0) is 0 Å². The molecule has 0 bridgehead atoms. The first-order valence-electron chi connectivity index (χ1n) is 6.39. The Morgan fingerprint density at radius 1 is 1.05 bits per heavy atom. The number of nitrogens with two attached hydrogens (primary N) is 1. The minimum atomic E-state index is 0.104. The Balaban J connectivity index is 1.83. The lowest BCUT2D eigenvalue weighted by Gasteiger charge is -2.15. The maximum Gasteiger partial charge on any atom is 0.0991 e. The van der Waals surface area contributed by atoms with Crippen molar-refractivity contribution in [3.63, 3.8) is 0 Å². The Labute approximate surface area is 112 Å². The molecule has 0 radical (unpaired) electrons. The number of nitrogens with zero attached hydrogens (tertiary/aromatic N) is 1. The molecule has 3 heteroatoms. The fraction of sp³-hybridized carbons (Fsp3) is 0.188. The smallest absolute Gasteiger partial charge is 0.0991 e. The van der Waals surface area contributed by atoms with Crippen LogP contribution in [0.15, 0.2) is 48.5 Å². The molecule has 0 saturated carbocycles. The summed E-state index contributed by atoms with van der Waals surface area (Å²) < 4.78 is 0. The van der Waals surface area contributed by atoms with Crippen molar-refractivity contribution in [2.75, 3.05) is 5.32 Å². The van der Waals surface area contributed by atoms with E-state index in [0.29, 0.717) is 5.56 Å². The molecule has 0 fully saturated rings. The molecule has 1 aliphatic rings. The minimum absolute atomic E-state index is 0.104. The van der Waals surface area contributed by atoms with Gasteiger partial charge in [-0.1, -0.05) is 24.3 Å². The predicted molar refractivity (Wildman–Crippen MR) is 75.5 cm³/mol. The van der Waals surface area contributed by atoms with E-state index in [1.807, 2.05) is 36.4 Å². The highest BCUT2D eigenvalue weighted by Crippen LogP contribution is 2.38. The summed E-state index contributed by atoms with van der Waals surface area (Å²) in [6.45, 7) is 0. The Morgan fingerprint density at radius 2 is 1.74 bits per heavy atom. The molecule has 0 aliphatic heterocycles.